The zero-order valence-corrected chi connectivity index (χ0v) is 16.1. The summed E-state index contributed by atoms with van der Waals surface area (Å²) in [6.07, 6.45) is 8.54. The quantitative estimate of drug-likeness (QED) is 0.736. The van der Waals surface area contributed by atoms with Crippen molar-refractivity contribution in [2.24, 2.45) is 0 Å². The molecule has 1 aliphatic rings. The highest BCUT2D eigenvalue weighted by Gasteiger charge is 2.38. The van der Waals surface area contributed by atoms with Gasteiger partial charge in [0, 0.05) is 24.5 Å². The number of aromatic nitrogens is 1. The van der Waals surface area contributed by atoms with Crippen molar-refractivity contribution in [1.82, 2.24) is 3.97 Å². The van der Waals surface area contributed by atoms with E-state index in [1.807, 2.05) is 0 Å². The lowest BCUT2D eigenvalue weighted by atomic mass is 10.0. The molecular weight excluding hydrogens is 417 g/mol. The van der Waals surface area contributed by atoms with Crippen LogP contribution in [0, 0.1) is 17.5 Å². The first-order valence-electron chi connectivity index (χ1n) is 7.91. The Balaban J connectivity index is 1.94. The van der Waals surface area contributed by atoms with Crippen LogP contribution in [0.15, 0.2) is 59.8 Å². The fourth-order valence-corrected chi connectivity index (χ4v) is 5.25. The van der Waals surface area contributed by atoms with Gasteiger partial charge in [-0.1, -0.05) is 24.3 Å². The lowest BCUT2D eigenvalue weighted by Gasteiger charge is -2.26. The lowest BCUT2D eigenvalue weighted by molar-refractivity contribution is 0.496. The van der Waals surface area contributed by atoms with Crippen LogP contribution in [-0.2, 0) is 20.0 Å². The SMILES string of the molecule is CC1(S(=O)(=O)n2ccc(S(=O)(=O)Nc3cc(F)c(F)cc3F)c2)C=CC=CC1. The van der Waals surface area contributed by atoms with Gasteiger partial charge < -0.3 is 0 Å². The summed E-state index contributed by atoms with van der Waals surface area (Å²) in [5.74, 6) is -4.23. The van der Waals surface area contributed by atoms with Gasteiger partial charge in [0.2, 0.25) is 10.0 Å². The third-order valence-electron chi connectivity index (χ3n) is 4.29. The van der Waals surface area contributed by atoms with Crippen molar-refractivity contribution in [3.63, 3.8) is 0 Å². The summed E-state index contributed by atoms with van der Waals surface area (Å²) in [6, 6.07) is 1.56. The molecule has 3 rings (SSSR count). The van der Waals surface area contributed by atoms with E-state index in [0.29, 0.717) is 6.07 Å². The zero-order chi connectivity index (χ0) is 20.7. The molecule has 1 aliphatic carbocycles. The van der Waals surface area contributed by atoms with Gasteiger partial charge in [-0.05, 0) is 19.4 Å². The molecule has 0 aliphatic heterocycles. The minimum atomic E-state index is -4.45. The molecule has 1 heterocycles. The van der Waals surface area contributed by atoms with Crippen molar-refractivity contribution in [2.75, 3.05) is 4.72 Å². The molecule has 1 atom stereocenters. The average Bonchev–Trinajstić information content (AvgIpc) is 3.12. The molecule has 1 unspecified atom stereocenters. The summed E-state index contributed by atoms with van der Waals surface area (Å²) < 4.78 is 91.8. The normalized spacial score (nSPS) is 19.7. The molecule has 1 N–H and O–H groups in total. The molecule has 0 saturated carbocycles. The Kier molecular flexibility index (Phi) is 4.92. The number of hydrogen-bond donors (Lipinski definition) is 1. The van der Waals surface area contributed by atoms with Crippen molar-refractivity contribution in [3.05, 3.63) is 72.3 Å². The van der Waals surface area contributed by atoms with E-state index >= 15 is 0 Å². The predicted molar refractivity (Wildman–Crippen MR) is 97.2 cm³/mol. The van der Waals surface area contributed by atoms with Crippen molar-refractivity contribution in [3.8, 4) is 0 Å². The van der Waals surface area contributed by atoms with Gasteiger partial charge >= 0.3 is 0 Å². The number of benzene rings is 1. The van der Waals surface area contributed by atoms with E-state index in [2.05, 4.69) is 0 Å². The van der Waals surface area contributed by atoms with E-state index < -0.39 is 52.8 Å². The highest BCUT2D eigenvalue weighted by atomic mass is 32.2. The van der Waals surface area contributed by atoms with E-state index in [9.17, 15) is 30.0 Å². The Labute approximate surface area is 160 Å². The summed E-state index contributed by atoms with van der Waals surface area (Å²) in [5, 5.41) is 0. The van der Waals surface area contributed by atoms with Crippen molar-refractivity contribution in [2.45, 2.75) is 23.0 Å². The molecular formula is C17H15F3N2O4S2. The minimum absolute atomic E-state index is 0.199. The Hall–Kier alpha value is -2.53. The van der Waals surface area contributed by atoms with E-state index in [4.69, 9.17) is 0 Å². The van der Waals surface area contributed by atoms with E-state index in [1.165, 1.54) is 13.0 Å². The second kappa shape index (κ2) is 6.82. The van der Waals surface area contributed by atoms with Crippen LogP contribution in [0.25, 0.3) is 0 Å². The second-order valence-electron chi connectivity index (χ2n) is 6.34. The molecule has 0 radical (unpaired) electrons. The fourth-order valence-electron chi connectivity index (χ4n) is 2.61. The first-order valence-corrected chi connectivity index (χ1v) is 10.8. The average molecular weight is 432 g/mol. The molecule has 0 bridgehead atoms. The van der Waals surface area contributed by atoms with Gasteiger partial charge in [0.15, 0.2) is 11.6 Å². The van der Waals surface area contributed by atoms with Crippen LogP contribution >= 0.6 is 0 Å². The number of nitrogens with zero attached hydrogens (tertiary/aromatic N) is 1. The topological polar surface area (TPSA) is 85.2 Å². The maximum atomic E-state index is 13.7. The largest absolute Gasteiger partial charge is 0.276 e. The summed E-state index contributed by atoms with van der Waals surface area (Å²) in [5.41, 5.74) is -0.804. The van der Waals surface area contributed by atoms with E-state index in [1.54, 1.807) is 23.0 Å². The molecule has 0 spiro atoms. The number of hydrogen-bond acceptors (Lipinski definition) is 4. The summed E-state index contributed by atoms with van der Waals surface area (Å²) >= 11 is 0. The molecule has 11 heteroatoms. The molecule has 150 valence electrons. The number of allylic oxidation sites excluding steroid dienone is 3. The van der Waals surface area contributed by atoms with E-state index in [-0.39, 0.29) is 12.5 Å². The van der Waals surface area contributed by atoms with Crippen LogP contribution in [0.3, 0.4) is 0 Å². The third-order valence-corrected chi connectivity index (χ3v) is 7.91. The van der Waals surface area contributed by atoms with Crippen LogP contribution < -0.4 is 4.72 Å². The highest BCUT2D eigenvalue weighted by molar-refractivity contribution is 7.93. The number of nitrogens with one attached hydrogen (secondary N) is 1. The molecule has 2 aromatic rings. The Morgan fingerprint density at radius 1 is 1.04 bits per heavy atom. The Bertz CT molecular complexity index is 1200. The van der Waals surface area contributed by atoms with Crippen LogP contribution in [0.5, 0.6) is 0 Å². The zero-order valence-electron chi connectivity index (χ0n) is 14.4. The van der Waals surface area contributed by atoms with Crippen molar-refractivity contribution >= 4 is 25.7 Å². The third kappa shape index (κ3) is 3.47. The second-order valence-corrected chi connectivity index (χ2v) is 10.3. The predicted octanol–water partition coefficient (Wildman–Crippen LogP) is 3.16. The monoisotopic (exact) mass is 432 g/mol. The van der Waals surface area contributed by atoms with Crippen LogP contribution in [-0.4, -0.2) is 25.6 Å². The van der Waals surface area contributed by atoms with Gasteiger partial charge in [0.1, 0.15) is 15.5 Å². The van der Waals surface area contributed by atoms with Crippen molar-refractivity contribution in [1.29, 1.82) is 0 Å². The summed E-state index contributed by atoms with van der Waals surface area (Å²) in [6.45, 7) is 1.49. The van der Waals surface area contributed by atoms with Crippen LogP contribution in [0.2, 0.25) is 0 Å². The molecule has 6 nitrogen and oxygen atoms in total. The maximum absolute atomic E-state index is 13.7. The molecule has 1 aromatic carbocycles. The first kappa shape index (κ1) is 20.2. The molecule has 0 saturated heterocycles. The van der Waals surface area contributed by atoms with Gasteiger partial charge in [-0.3, -0.25) is 8.69 Å². The molecule has 0 fully saturated rings. The van der Waals surface area contributed by atoms with Crippen LogP contribution in [0.1, 0.15) is 13.3 Å². The van der Waals surface area contributed by atoms with Crippen molar-refractivity contribution < 1.29 is 30.0 Å². The summed E-state index contributed by atoms with van der Waals surface area (Å²) in [4.78, 5) is -0.487. The number of sulfonamides is 1. The Morgan fingerprint density at radius 3 is 2.36 bits per heavy atom. The molecule has 0 amide bonds. The maximum Gasteiger partial charge on any atom is 0.263 e. The number of rotatable bonds is 5. The fraction of sp³-hybridized carbons (Fsp3) is 0.176. The Morgan fingerprint density at radius 2 is 1.71 bits per heavy atom. The van der Waals surface area contributed by atoms with Gasteiger partial charge in [0.05, 0.1) is 5.69 Å². The van der Waals surface area contributed by atoms with Gasteiger partial charge in [0.25, 0.3) is 10.0 Å². The van der Waals surface area contributed by atoms with Crippen LogP contribution in [0.4, 0.5) is 18.9 Å². The van der Waals surface area contributed by atoms with E-state index in [0.717, 1.165) is 22.4 Å². The number of halogens is 3. The first-order chi connectivity index (χ1) is 13.0. The minimum Gasteiger partial charge on any atom is -0.276 e. The standard InChI is InChI=1S/C17H15F3N2O4S2/c1-17(6-3-2-4-7-17)28(25,26)22-8-5-12(11-22)27(23,24)21-16-10-14(19)13(18)9-15(16)20/h2-6,8-11,21H,7H2,1H3. The smallest absolute Gasteiger partial charge is 0.263 e. The molecule has 28 heavy (non-hydrogen) atoms. The highest BCUT2D eigenvalue weighted by Crippen LogP contribution is 2.30. The van der Waals surface area contributed by atoms with Gasteiger partial charge in [-0.15, -0.1) is 0 Å². The van der Waals surface area contributed by atoms with Gasteiger partial charge in [-0.25, -0.2) is 30.0 Å². The lowest BCUT2D eigenvalue weighted by Crippen LogP contribution is -2.37. The number of anilines is 1. The molecule has 1 aromatic heterocycles. The summed E-state index contributed by atoms with van der Waals surface area (Å²) in [7, 11) is -8.44. The van der Waals surface area contributed by atoms with Gasteiger partial charge in [-0.2, -0.15) is 0 Å².